The number of carboxylic acids is 1. The van der Waals surface area contributed by atoms with Crippen LogP contribution >= 0.6 is 0 Å². The number of nitrogens with zero attached hydrogens (tertiary/aromatic N) is 1. The third-order valence-electron chi connectivity index (χ3n) is 5.27. The Kier molecular flexibility index (Phi) is 5.65. The lowest BCUT2D eigenvalue weighted by Gasteiger charge is -2.20. The number of rotatable bonds is 8. The Bertz CT molecular complexity index is 378. The van der Waals surface area contributed by atoms with Gasteiger partial charge in [-0.3, -0.25) is 9.59 Å². The predicted octanol–water partition coefficient (Wildman–Crippen LogP) is 3.16. The Labute approximate surface area is 127 Å². The summed E-state index contributed by atoms with van der Waals surface area (Å²) < 4.78 is 0. The Morgan fingerprint density at radius 1 is 1.24 bits per heavy atom. The van der Waals surface area contributed by atoms with E-state index in [1.54, 1.807) is 0 Å². The van der Waals surface area contributed by atoms with Crippen molar-refractivity contribution in [3.8, 4) is 0 Å². The number of unbranched alkanes of at least 4 members (excludes halogenated alkanes) is 1. The lowest BCUT2D eigenvalue weighted by Crippen LogP contribution is -2.31. The van der Waals surface area contributed by atoms with Crippen molar-refractivity contribution >= 4 is 11.9 Å². The summed E-state index contributed by atoms with van der Waals surface area (Å²) in [6, 6.07) is 0. The molecule has 3 atom stereocenters. The zero-order valence-corrected chi connectivity index (χ0v) is 13.4. The summed E-state index contributed by atoms with van der Waals surface area (Å²) in [4.78, 5) is 25.7. The number of aliphatic carboxylic acids is 1. The molecule has 0 radical (unpaired) electrons. The van der Waals surface area contributed by atoms with Crippen LogP contribution in [0.15, 0.2) is 0 Å². The van der Waals surface area contributed by atoms with E-state index >= 15 is 0 Å². The fourth-order valence-corrected chi connectivity index (χ4v) is 3.62. The summed E-state index contributed by atoms with van der Waals surface area (Å²) in [5, 5.41) is 9.37. The van der Waals surface area contributed by atoms with Gasteiger partial charge in [-0.15, -0.1) is 0 Å². The number of likely N-dealkylation sites (tertiary alicyclic amines) is 1. The average Bonchev–Trinajstić information content (AvgIpc) is 3.21. The molecule has 2 aliphatic rings. The van der Waals surface area contributed by atoms with E-state index in [9.17, 15) is 14.7 Å². The molecule has 1 heterocycles. The van der Waals surface area contributed by atoms with Crippen molar-refractivity contribution in [1.29, 1.82) is 0 Å². The number of carbonyl (C=O) groups excluding carboxylic acids is 1. The smallest absolute Gasteiger partial charge is 0.308 e. The van der Waals surface area contributed by atoms with Crippen molar-refractivity contribution in [2.45, 2.75) is 58.8 Å². The maximum atomic E-state index is 12.5. The highest BCUT2D eigenvalue weighted by Gasteiger charge is 2.46. The van der Waals surface area contributed by atoms with Crippen LogP contribution in [0.5, 0.6) is 0 Å². The molecule has 1 N–H and O–H groups in total. The molecule has 1 unspecified atom stereocenters. The quantitative estimate of drug-likeness (QED) is 0.748. The molecule has 1 aliphatic heterocycles. The van der Waals surface area contributed by atoms with E-state index in [-0.39, 0.29) is 17.7 Å². The van der Waals surface area contributed by atoms with Gasteiger partial charge in [-0.25, -0.2) is 0 Å². The minimum atomic E-state index is -0.722. The van der Waals surface area contributed by atoms with Gasteiger partial charge in [0.1, 0.15) is 0 Å². The Morgan fingerprint density at radius 2 is 1.95 bits per heavy atom. The molecule has 0 bridgehead atoms. The minimum Gasteiger partial charge on any atom is -0.481 e. The van der Waals surface area contributed by atoms with Crippen LogP contribution in [-0.2, 0) is 9.59 Å². The van der Waals surface area contributed by atoms with Crippen LogP contribution in [0, 0.1) is 23.7 Å². The minimum absolute atomic E-state index is 0.173. The third kappa shape index (κ3) is 4.21. The predicted molar refractivity (Wildman–Crippen MR) is 81.8 cm³/mol. The molecule has 1 saturated carbocycles. The topological polar surface area (TPSA) is 57.6 Å². The van der Waals surface area contributed by atoms with E-state index in [0.717, 1.165) is 25.7 Å². The molecule has 0 spiro atoms. The summed E-state index contributed by atoms with van der Waals surface area (Å²) in [7, 11) is 0. The molecular formula is C17H29NO3. The van der Waals surface area contributed by atoms with Gasteiger partial charge in [0.15, 0.2) is 0 Å². The van der Waals surface area contributed by atoms with Crippen LogP contribution in [-0.4, -0.2) is 35.0 Å². The van der Waals surface area contributed by atoms with Crippen molar-refractivity contribution < 1.29 is 14.7 Å². The standard InChI is InChI=1S/C17H29NO3/c1-3-5-6-12(4-2)9-16(19)18-10-14(13-7-8-13)15(11-18)17(20)21/h12-15H,3-11H2,1-2H3,(H,20,21)/t12?,14-,15+/m1/s1. The fraction of sp³-hybridized carbons (Fsp3) is 0.882. The second kappa shape index (κ2) is 7.28. The number of amides is 1. The molecule has 0 aromatic heterocycles. The van der Waals surface area contributed by atoms with Crippen LogP contribution in [0.3, 0.4) is 0 Å². The lowest BCUT2D eigenvalue weighted by molar-refractivity contribution is -0.142. The van der Waals surface area contributed by atoms with E-state index in [0.29, 0.717) is 31.3 Å². The highest BCUT2D eigenvalue weighted by Crippen LogP contribution is 2.44. The number of hydrogen-bond acceptors (Lipinski definition) is 2. The van der Waals surface area contributed by atoms with Crippen LogP contribution in [0.4, 0.5) is 0 Å². The van der Waals surface area contributed by atoms with E-state index in [4.69, 9.17) is 0 Å². The molecule has 0 aromatic rings. The van der Waals surface area contributed by atoms with E-state index in [1.165, 1.54) is 12.8 Å². The maximum absolute atomic E-state index is 12.5. The molecule has 1 amide bonds. The van der Waals surface area contributed by atoms with Crippen molar-refractivity contribution in [2.75, 3.05) is 13.1 Å². The molecule has 1 saturated heterocycles. The number of hydrogen-bond donors (Lipinski definition) is 1. The highest BCUT2D eigenvalue weighted by atomic mass is 16.4. The SMILES string of the molecule is CCCCC(CC)CC(=O)N1C[C@H](C(=O)O)[C@@H](C2CC2)C1. The lowest BCUT2D eigenvalue weighted by atomic mass is 9.92. The van der Waals surface area contributed by atoms with Gasteiger partial charge in [0.25, 0.3) is 0 Å². The van der Waals surface area contributed by atoms with E-state index in [2.05, 4.69) is 13.8 Å². The highest BCUT2D eigenvalue weighted by molar-refractivity contribution is 5.79. The van der Waals surface area contributed by atoms with Gasteiger partial charge < -0.3 is 10.0 Å². The molecule has 2 rings (SSSR count). The van der Waals surface area contributed by atoms with Gasteiger partial charge in [0.05, 0.1) is 5.92 Å². The molecular weight excluding hydrogens is 266 g/mol. The molecule has 120 valence electrons. The van der Waals surface area contributed by atoms with E-state index in [1.807, 2.05) is 4.90 Å². The van der Waals surface area contributed by atoms with Crippen molar-refractivity contribution in [2.24, 2.45) is 23.7 Å². The first-order chi connectivity index (χ1) is 10.1. The first-order valence-electron chi connectivity index (χ1n) is 8.57. The summed E-state index contributed by atoms with van der Waals surface area (Å²) in [6.07, 6.45) is 7.37. The normalized spacial score (nSPS) is 26.9. The van der Waals surface area contributed by atoms with Crippen LogP contribution in [0.2, 0.25) is 0 Å². The van der Waals surface area contributed by atoms with Crippen LogP contribution < -0.4 is 0 Å². The summed E-state index contributed by atoms with van der Waals surface area (Å²) >= 11 is 0. The summed E-state index contributed by atoms with van der Waals surface area (Å²) in [6.45, 7) is 5.42. The second-order valence-corrected chi connectivity index (χ2v) is 6.87. The van der Waals surface area contributed by atoms with Gasteiger partial charge in [0.2, 0.25) is 5.91 Å². The largest absolute Gasteiger partial charge is 0.481 e. The molecule has 4 heteroatoms. The fourth-order valence-electron chi connectivity index (χ4n) is 3.62. The Balaban J connectivity index is 1.89. The zero-order valence-electron chi connectivity index (χ0n) is 13.4. The third-order valence-corrected chi connectivity index (χ3v) is 5.27. The first kappa shape index (κ1) is 16.3. The molecule has 2 fully saturated rings. The van der Waals surface area contributed by atoms with Crippen molar-refractivity contribution in [1.82, 2.24) is 4.90 Å². The molecule has 1 aliphatic carbocycles. The van der Waals surface area contributed by atoms with Crippen LogP contribution in [0.1, 0.15) is 58.8 Å². The second-order valence-electron chi connectivity index (χ2n) is 6.87. The van der Waals surface area contributed by atoms with Crippen LogP contribution in [0.25, 0.3) is 0 Å². The Morgan fingerprint density at radius 3 is 2.48 bits per heavy atom. The molecule has 4 nitrogen and oxygen atoms in total. The number of carboxylic acid groups (broad SMARTS) is 1. The summed E-state index contributed by atoms with van der Waals surface area (Å²) in [5.41, 5.74) is 0. The van der Waals surface area contributed by atoms with Gasteiger partial charge in [-0.05, 0) is 37.0 Å². The van der Waals surface area contributed by atoms with Gasteiger partial charge in [0, 0.05) is 19.5 Å². The van der Waals surface area contributed by atoms with Gasteiger partial charge in [-0.2, -0.15) is 0 Å². The maximum Gasteiger partial charge on any atom is 0.308 e. The number of carbonyl (C=O) groups is 2. The molecule has 21 heavy (non-hydrogen) atoms. The van der Waals surface area contributed by atoms with Gasteiger partial charge >= 0.3 is 5.97 Å². The monoisotopic (exact) mass is 295 g/mol. The van der Waals surface area contributed by atoms with Crippen molar-refractivity contribution in [3.05, 3.63) is 0 Å². The molecule has 0 aromatic carbocycles. The zero-order chi connectivity index (χ0) is 15.4. The van der Waals surface area contributed by atoms with Gasteiger partial charge in [-0.1, -0.05) is 33.1 Å². The van der Waals surface area contributed by atoms with Crippen molar-refractivity contribution in [3.63, 3.8) is 0 Å². The first-order valence-corrected chi connectivity index (χ1v) is 8.57. The summed E-state index contributed by atoms with van der Waals surface area (Å²) in [5.74, 6) is 0.318. The Hall–Kier alpha value is -1.06. The van der Waals surface area contributed by atoms with E-state index < -0.39 is 5.97 Å². The average molecular weight is 295 g/mol.